The second-order valence-electron chi connectivity index (χ2n) is 7.43. The molecule has 0 heterocycles. The number of hydrogen-bond acceptors (Lipinski definition) is 0. The predicted octanol–water partition coefficient (Wildman–Crippen LogP) is 5.99. The van der Waals surface area contributed by atoms with Crippen LogP contribution in [0.3, 0.4) is 0 Å². The van der Waals surface area contributed by atoms with Gasteiger partial charge >= 0.3 is 0 Å². The van der Waals surface area contributed by atoms with E-state index in [9.17, 15) is 0 Å². The third-order valence-corrected chi connectivity index (χ3v) is 5.96. The summed E-state index contributed by atoms with van der Waals surface area (Å²) in [6.45, 7) is 2.34. The molecule has 0 unspecified atom stereocenters. The van der Waals surface area contributed by atoms with E-state index >= 15 is 0 Å². The van der Waals surface area contributed by atoms with E-state index in [1.54, 1.807) is 22.3 Å². The van der Waals surface area contributed by atoms with Gasteiger partial charge in [-0.05, 0) is 91.2 Å². The molecule has 0 heteroatoms. The average molecular weight is 304 g/mol. The van der Waals surface area contributed by atoms with Gasteiger partial charge in [-0.2, -0.15) is 0 Å². The quantitative estimate of drug-likeness (QED) is 0.653. The first-order chi connectivity index (χ1) is 11.3. The molecule has 0 bridgehead atoms. The molecule has 0 radical (unpaired) electrons. The van der Waals surface area contributed by atoms with Crippen LogP contribution >= 0.6 is 0 Å². The molecule has 2 aromatic rings. The van der Waals surface area contributed by atoms with Crippen molar-refractivity contribution in [3.8, 4) is 0 Å². The number of hydrogen-bond donors (Lipinski definition) is 0. The highest BCUT2D eigenvalue weighted by Crippen LogP contribution is 2.33. The van der Waals surface area contributed by atoms with E-state index in [1.807, 2.05) is 0 Å². The largest absolute Gasteiger partial charge is 0.0645 e. The van der Waals surface area contributed by atoms with Gasteiger partial charge in [0.1, 0.15) is 0 Å². The van der Waals surface area contributed by atoms with Crippen LogP contribution in [0.4, 0.5) is 0 Å². The monoisotopic (exact) mass is 304 g/mol. The molecule has 0 fully saturated rings. The van der Waals surface area contributed by atoms with Crippen molar-refractivity contribution >= 4 is 0 Å². The molecule has 2 aliphatic carbocycles. The van der Waals surface area contributed by atoms with Crippen molar-refractivity contribution in [3.05, 3.63) is 69.8 Å². The third-order valence-electron chi connectivity index (χ3n) is 5.96. The molecule has 2 aliphatic rings. The molecule has 23 heavy (non-hydrogen) atoms. The van der Waals surface area contributed by atoms with Crippen molar-refractivity contribution in [1.29, 1.82) is 0 Å². The summed E-state index contributed by atoms with van der Waals surface area (Å²) in [6, 6.07) is 14.6. The van der Waals surface area contributed by atoms with Crippen molar-refractivity contribution in [2.45, 2.75) is 70.6 Å². The van der Waals surface area contributed by atoms with Gasteiger partial charge in [-0.3, -0.25) is 0 Å². The molecule has 0 saturated carbocycles. The van der Waals surface area contributed by atoms with E-state index in [1.165, 1.54) is 68.9 Å². The first-order valence-corrected chi connectivity index (χ1v) is 9.58. The van der Waals surface area contributed by atoms with Gasteiger partial charge in [-0.15, -0.1) is 0 Å². The Bertz CT molecular complexity index is 636. The zero-order valence-electron chi connectivity index (χ0n) is 14.4. The Morgan fingerprint density at radius 3 is 1.52 bits per heavy atom. The molecule has 0 amide bonds. The Labute approximate surface area is 140 Å². The molecule has 0 aromatic heterocycles. The molecule has 2 aromatic carbocycles. The van der Waals surface area contributed by atoms with Crippen molar-refractivity contribution < 1.29 is 0 Å². The second-order valence-corrected chi connectivity index (χ2v) is 7.43. The second kappa shape index (κ2) is 6.51. The van der Waals surface area contributed by atoms with Gasteiger partial charge in [0.05, 0.1) is 0 Å². The van der Waals surface area contributed by atoms with Gasteiger partial charge in [0.2, 0.25) is 0 Å². The van der Waals surface area contributed by atoms with Crippen LogP contribution < -0.4 is 0 Å². The molecule has 0 aliphatic heterocycles. The topological polar surface area (TPSA) is 0 Å². The number of aryl methyl sites for hydroxylation is 4. The van der Waals surface area contributed by atoms with Crippen molar-refractivity contribution in [3.63, 3.8) is 0 Å². The Balaban J connectivity index is 1.68. The summed E-state index contributed by atoms with van der Waals surface area (Å²) in [5, 5.41) is 0. The fourth-order valence-corrected chi connectivity index (χ4v) is 4.60. The highest BCUT2D eigenvalue weighted by Gasteiger charge is 2.18. The van der Waals surface area contributed by atoms with E-state index in [-0.39, 0.29) is 0 Å². The predicted molar refractivity (Wildman–Crippen MR) is 98.3 cm³/mol. The zero-order chi connectivity index (χ0) is 15.6. The Hall–Kier alpha value is -1.56. The van der Waals surface area contributed by atoms with Crippen LogP contribution in [0.2, 0.25) is 0 Å². The maximum Gasteiger partial charge on any atom is 0.00869 e. The van der Waals surface area contributed by atoms with Gasteiger partial charge in [0, 0.05) is 5.92 Å². The van der Waals surface area contributed by atoms with Gasteiger partial charge in [0.15, 0.2) is 0 Å². The zero-order valence-corrected chi connectivity index (χ0v) is 14.4. The van der Waals surface area contributed by atoms with Gasteiger partial charge < -0.3 is 0 Å². The van der Waals surface area contributed by atoms with Crippen LogP contribution in [-0.4, -0.2) is 0 Å². The van der Waals surface area contributed by atoms with Crippen molar-refractivity contribution in [2.24, 2.45) is 0 Å². The molecule has 0 spiro atoms. The molecular formula is C23H28. The molecule has 0 saturated heterocycles. The SMILES string of the molecule is CCC(c1ccc2c(c1)CCCC2)c1ccc2c(c1)CCCC2. The molecule has 0 nitrogen and oxygen atoms in total. The fraction of sp³-hybridized carbons (Fsp3) is 0.478. The Morgan fingerprint density at radius 1 is 0.652 bits per heavy atom. The summed E-state index contributed by atoms with van der Waals surface area (Å²) in [7, 11) is 0. The maximum absolute atomic E-state index is 2.52. The van der Waals surface area contributed by atoms with Crippen LogP contribution in [-0.2, 0) is 25.7 Å². The summed E-state index contributed by atoms with van der Waals surface area (Å²) in [5.41, 5.74) is 9.49. The van der Waals surface area contributed by atoms with E-state index in [4.69, 9.17) is 0 Å². The van der Waals surface area contributed by atoms with E-state index in [0.29, 0.717) is 5.92 Å². The van der Waals surface area contributed by atoms with Crippen molar-refractivity contribution in [1.82, 2.24) is 0 Å². The Kier molecular flexibility index (Phi) is 4.25. The lowest BCUT2D eigenvalue weighted by Crippen LogP contribution is -2.08. The van der Waals surface area contributed by atoms with Crippen LogP contribution in [0.1, 0.15) is 78.3 Å². The van der Waals surface area contributed by atoms with E-state index in [0.717, 1.165) is 0 Å². The smallest absolute Gasteiger partial charge is 0.00869 e. The third kappa shape index (κ3) is 2.96. The summed E-state index contributed by atoms with van der Waals surface area (Å²) in [5.74, 6) is 0.564. The summed E-state index contributed by atoms with van der Waals surface area (Å²) < 4.78 is 0. The standard InChI is InChI=1S/C23H28/c1-2-23(21-13-11-17-7-3-5-9-19(17)15-21)22-14-12-18-8-4-6-10-20(18)16-22/h11-16,23H,2-10H2,1H3. The number of fused-ring (bicyclic) bond motifs is 2. The van der Waals surface area contributed by atoms with Gasteiger partial charge in [-0.1, -0.05) is 43.3 Å². The first kappa shape index (κ1) is 15.0. The number of rotatable bonds is 3. The number of benzene rings is 2. The minimum Gasteiger partial charge on any atom is -0.0645 e. The molecule has 4 rings (SSSR count). The van der Waals surface area contributed by atoms with Crippen molar-refractivity contribution in [2.75, 3.05) is 0 Å². The minimum absolute atomic E-state index is 0.564. The molecule has 0 N–H and O–H groups in total. The molecule has 120 valence electrons. The highest BCUT2D eigenvalue weighted by molar-refractivity contribution is 5.42. The van der Waals surface area contributed by atoms with Crippen LogP contribution in [0, 0.1) is 0 Å². The van der Waals surface area contributed by atoms with Crippen LogP contribution in [0.25, 0.3) is 0 Å². The van der Waals surface area contributed by atoms with E-state index in [2.05, 4.69) is 43.3 Å². The average Bonchev–Trinajstić information content (AvgIpc) is 2.62. The van der Waals surface area contributed by atoms with Gasteiger partial charge in [0.25, 0.3) is 0 Å². The summed E-state index contributed by atoms with van der Waals surface area (Å²) >= 11 is 0. The Morgan fingerprint density at radius 2 is 1.09 bits per heavy atom. The molecule has 0 atom stereocenters. The van der Waals surface area contributed by atoms with Crippen LogP contribution in [0.5, 0.6) is 0 Å². The maximum atomic E-state index is 2.52. The van der Waals surface area contributed by atoms with Crippen LogP contribution in [0.15, 0.2) is 36.4 Å². The van der Waals surface area contributed by atoms with Gasteiger partial charge in [-0.25, -0.2) is 0 Å². The summed E-state index contributed by atoms with van der Waals surface area (Å²) in [4.78, 5) is 0. The first-order valence-electron chi connectivity index (χ1n) is 9.58. The van der Waals surface area contributed by atoms with E-state index < -0.39 is 0 Å². The lowest BCUT2D eigenvalue weighted by atomic mass is 9.82. The lowest BCUT2D eigenvalue weighted by Gasteiger charge is -2.23. The normalized spacial score (nSPS) is 17.0. The summed E-state index contributed by atoms with van der Waals surface area (Å²) in [6.07, 6.45) is 11.8. The fourth-order valence-electron chi connectivity index (χ4n) is 4.60. The highest BCUT2D eigenvalue weighted by atomic mass is 14.2. The minimum atomic E-state index is 0.564. The molecular weight excluding hydrogens is 276 g/mol. The lowest BCUT2D eigenvalue weighted by molar-refractivity contribution is 0.676.